The van der Waals surface area contributed by atoms with Crippen LogP contribution in [-0.4, -0.2) is 57.0 Å². The number of fused-ring (bicyclic) bond motifs is 1. The van der Waals surface area contributed by atoms with Crippen molar-refractivity contribution in [2.45, 2.75) is 12.8 Å². The fourth-order valence-corrected chi connectivity index (χ4v) is 2.42. The van der Waals surface area contributed by atoms with E-state index in [0.717, 1.165) is 22.1 Å². The molecule has 0 unspecified atom stereocenters. The molecule has 0 spiro atoms. The molecule has 0 heterocycles. The third-order valence-electron chi connectivity index (χ3n) is 4.21. The average molecular weight is 372 g/mol. The molecule has 1 N–H and O–H groups in total. The van der Waals surface area contributed by atoms with Crippen LogP contribution >= 0.6 is 0 Å². The van der Waals surface area contributed by atoms with E-state index in [2.05, 4.69) is 5.32 Å². The fourth-order valence-electron chi connectivity index (χ4n) is 2.42. The molecule has 0 radical (unpaired) electrons. The van der Waals surface area contributed by atoms with Crippen molar-refractivity contribution in [3.8, 4) is 5.75 Å². The number of hydrogen-bond acceptors (Lipinski definition) is 5. The van der Waals surface area contributed by atoms with Crippen LogP contribution in [0.25, 0.3) is 10.8 Å². The van der Waals surface area contributed by atoms with Gasteiger partial charge in [-0.3, -0.25) is 14.4 Å². The van der Waals surface area contributed by atoms with Crippen molar-refractivity contribution in [2.24, 2.45) is 0 Å². The zero-order valence-electron chi connectivity index (χ0n) is 15.9. The molecular weight excluding hydrogens is 348 g/mol. The van der Waals surface area contributed by atoms with E-state index in [-0.39, 0.29) is 12.5 Å². The molecule has 2 aromatic carbocycles. The Labute approximate surface area is 158 Å². The minimum absolute atomic E-state index is 0.132. The first kappa shape index (κ1) is 20.2. The molecular formula is C20H24N2O5. The van der Waals surface area contributed by atoms with E-state index in [0.29, 0.717) is 0 Å². The topological polar surface area (TPSA) is 84.9 Å². The van der Waals surface area contributed by atoms with Gasteiger partial charge in [0.2, 0.25) is 5.91 Å². The van der Waals surface area contributed by atoms with Gasteiger partial charge in [0, 0.05) is 14.1 Å². The minimum atomic E-state index is -0.521. The molecule has 0 bridgehead atoms. The Morgan fingerprint density at radius 2 is 1.74 bits per heavy atom. The Kier molecular flexibility index (Phi) is 6.76. The van der Waals surface area contributed by atoms with Crippen LogP contribution < -0.4 is 10.1 Å². The van der Waals surface area contributed by atoms with Crippen LogP contribution in [-0.2, 0) is 19.1 Å². The lowest BCUT2D eigenvalue weighted by Crippen LogP contribution is -2.38. The number of hydrogen-bond donors (Lipinski definition) is 1. The second-order valence-corrected chi connectivity index (χ2v) is 6.37. The summed E-state index contributed by atoms with van der Waals surface area (Å²) >= 11 is 0. The van der Waals surface area contributed by atoms with E-state index in [1.807, 2.05) is 36.4 Å². The normalized spacial score (nSPS) is 11.6. The summed E-state index contributed by atoms with van der Waals surface area (Å²) in [5, 5.41) is 4.40. The van der Waals surface area contributed by atoms with Crippen molar-refractivity contribution >= 4 is 28.6 Å². The van der Waals surface area contributed by atoms with Crippen LogP contribution in [0.2, 0.25) is 0 Å². The van der Waals surface area contributed by atoms with E-state index in [1.165, 1.54) is 4.90 Å². The maximum absolute atomic E-state index is 12.2. The zero-order chi connectivity index (χ0) is 20.0. The Morgan fingerprint density at radius 3 is 2.41 bits per heavy atom. The van der Waals surface area contributed by atoms with Crippen LogP contribution in [0.1, 0.15) is 18.4 Å². The zero-order valence-corrected chi connectivity index (χ0v) is 15.9. The molecule has 7 nitrogen and oxygen atoms in total. The van der Waals surface area contributed by atoms with E-state index in [1.54, 1.807) is 28.1 Å². The first-order valence-electron chi connectivity index (χ1n) is 8.53. The summed E-state index contributed by atoms with van der Waals surface area (Å²) in [6.07, 6.45) is 0. The van der Waals surface area contributed by atoms with Gasteiger partial charge in [-0.25, -0.2) is 0 Å². The lowest BCUT2D eigenvalue weighted by atomic mass is 9.98. The molecule has 2 amide bonds. The highest BCUT2D eigenvalue weighted by Gasteiger charge is 2.19. The van der Waals surface area contributed by atoms with Gasteiger partial charge in [0.05, 0.1) is 19.6 Å². The predicted octanol–water partition coefficient (Wildman–Crippen LogP) is 1.70. The molecule has 0 aromatic heterocycles. The monoisotopic (exact) mass is 372 g/mol. The number of ether oxygens (including phenoxy) is 2. The Balaban J connectivity index is 1.93. The van der Waals surface area contributed by atoms with Crippen LogP contribution in [0, 0.1) is 0 Å². The number of amides is 2. The van der Waals surface area contributed by atoms with Gasteiger partial charge in [0.15, 0.2) is 6.61 Å². The van der Waals surface area contributed by atoms with Gasteiger partial charge >= 0.3 is 5.97 Å². The number of rotatable bonds is 7. The lowest BCUT2D eigenvalue weighted by molar-refractivity contribution is -0.149. The van der Waals surface area contributed by atoms with Crippen LogP contribution in [0.4, 0.5) is 0 Å². The van der Waals surface area contributed by atoms with Gasteiger partial charge in [0.1, 0.15) is 5.75 Å². The SMILES string of the molecule is COc1ccc2cc([C@H](C)C(=O)OCC(=O)NCC(=O)N(C)C)ccc2c1. The minimum Gasteiger partial charge on any atom is -0.497 e. The quantitative estimate of drug-likeness (QED) is 0.748. The molecule has 2 rings (SSSR count). The van der Waals surface area contributed by atoms with Crippen molar-refractivity contribution in [2.75, 3.05) is 34.4 Å². The van der Waals surface area contributed by atoms with Crippen molar-refractivity contribution in [1.82, 2.24) is 10.2 Å². The first-order chi connectivity index (χ1) is 12.8. The first-order valence-corrected chi connectivity index (χ1v) is 8.53. The summed E-state index contributed by atoms with van der Waals surface area (Å²) in [4.78, 5) is 36.7. The number of nitrogens with one attached hydrogen (secondary N) is 1. The van der Waals surface area contributed by atoms with Crippen LogP contribution in [0.15, 0.2) is 36.4 Å². The van der Waals surface area contributed by atoms with Crippen molar-refractivity contribution in [3.05, 3.63) is 42.0 Å². The molecule has 0 saturated heterocycles. The molecule has 0 fully saturated rings. The second kappa shape index (κ2) is 9.02. The van der Waals surface area contributed by atoms with Gasteiger partial charge in [0.25, 0.3) is 5.91 Å². The number of likely N-dealkylation sites (N-methyl/N-ethyl adjacent to an activating group) is 1. The van der Waals surface area contributed by atoms with Gasteiger partial charge < -0.3 is 19.7 Å². The summed E-state index contributed by atoms with van der Waals surface area (Å²) in [6.45, 7) is 1.17. The van der Waals surface area contributed by atoms with E-state index in [4.69, 9.17) is 9.47 Å². The maximum Gasteiger partial charge on any atom is 0.313 e. The van der Waals surface area contributed by atoms with Crippen LogP contribution in [0.3, 0.4) is 0 Å². The summed E-state index contributed by atoms with van der Waals surface area (Å²) in [6, 6.07) is 11.4. The smallest absolute Gasteiger partial charge is 0.313 e. The predicted molar refractivity (Wildman–Crippen MR) is 102 cm³/mol. The average Bonchev–Trinajstić information content (AvgIpc) is 2.68. The highest BCUT2D eigenvalue weighted by molar-refractivity contribution is 5.88. The fraction of sp³-hybridized carbons (Fsp3) is 0.350. The number of carbonyl (C=O) groups excluding carboxylic acids is 3. The Bertz CT molecular complexity index is 847. The molecule has 2 aromatic rings. The van der Waals surface area contributed by atoms with Crippen LogP contribution in [0.5, 0.6) is 5.75 Å². The Morgan fingerprint density at radius 1 is 1.07 bits per heavy atom. The van der Waals surface area contributed by atoms with Gasteiger partial charge in [-0.1, -0.05) is 24.3 Å². The number of nitrogens with zero attached hydrogens (tertiary/aromatic N) is 1. The standard InChI is InChI=1S/C20H24N2O5/c1-13(20(25)27-12-18(23)21-11-19(24)22(2)3)14-5-6-16-10-17(26-4)8-7-15(16)9-14/h5-10,13H,11-12H2,1-4H3,(H,21,23)/t13-/m0/s1. The molecule has 7 heteroatoms. The number of benzene rings is 2. The van der Waals surface area contributed by atoms with Crippen molar-refractivity contribution in [3.63, 3.8) is 0 Å². The summed E-state index contributed by atoms with van der Waals surface area (Å²) < 4.78 is 10.3. The second-order valence-electron chi connectivity index (χ2n) is 6.37. The van der Waals surface area contributed by atoms with Gasteiger partial charge in [-0.15, -0.1) is 0 Å². The largest absolute Gasteiger partial charge is 0.497 e. The molecule has 0 aliphatic heterocycles. The summed E-state index contributed by atoms with van der Waals surface area (Å²) in [7, 11) is 4.80. The Hall–Kier alpha value is -3.09. The highest BCUT2D eigenvalue weighted by Crippen LogP contribution is 2.25. The van der Waals surface area contributed by atoms with E-state index < -0.39 is 24.4 Å². The van der Waals surface area contributed by atoms with Gasteiger partial charge in [-0.2, -0.15) is 0 Å². The summed E-state index contributed by atoms with van der Waals surface area (Å²) in [5.74, 6) is -1.02. The van der Waals surface area contributed by atoms with E-state index in [9.17, 15) is 14.4 Å². The van der Waals surface area contributed by atoms with Crippen molar-refractivity contribution in [1.29, 1.82) is 0 Å². The molecule has 0 aliphatic carbocycles. The molecule has 27 heavy (non-hydrogen) atoms. The molecule has 0 aliphatic rings. The maximum atomic E-state index is 12.2. The molecule has 144 valence electrons. The third kappa shape index (κ3) is 5.44. The number of esters is 1. The third-order valence-corrected chi connectivity index (χ3v) is 4.21. The highest BCUT2D eigenvalue weighted by atomic mass is 16.5. The summed E-state index contributed by atoms with van der Waals surface area (Å²) in [5.41, 5.74) is 0.792. The van der Waals surface area contributed by atoms with Gasteiger partial charge in [-0.05, 0) is 35.4 Å². The number of methoxy groups -OCH3 is 1. The lowest BCUT2D eigenvalue weighted by Gasteiger charge is -2.14. The molecule has 1 atom stereocenters. The van der Waals surface area contributed by atoms with E-state index >= 15 is 0 Å². The van der Waals surface area contributed by atoms with Crippen molar-refractivity contribution < 1.29 is 23.9 Å². The number of carbonyl (C=O) groups is 3. The molecule has 0 saturated carbocycles.